The Morgan fingerprint density at radius 1 is 1.21 bits per heavy atom. The van der Waals surface area contributed by atoms with Crippen molar-refractivity contribution in [2.45, 2.75) is 44.7 Å². The summed E-state index contributed by atoms with van der Waals surface area (Å²) in [5, 5.41) is 10.00. The van der Waals surface area contributed by atoms with Gasteiger partial charge >= 0.3 is 0 Å². The number of H-pyrrole nitrogens is 1. The summed E-state index contributed by atoms with van der Waals surface area (Å²) < 4.78 is 0. The van der Waals surface area contributed by atoms with Gasteiger partial charge in [0.1, 0.15) is 5.82 Å². The van der Waals surface area contributed by atoms with Gasteiger partial charge in [0.25, 0.3) is 5.91 Å². The molecule has 2 aliphatic rings. The van der Waals surface area contributed by atoms with Crippen molar-refractivity contribution in [1.82, 2.24) is 25.4 Å². The number of likely N-dealkylation sites (tertiary alicyclic amines) is 1. The number of carbonyl (C=O) groups is 1. The molecule has 2 aromatic rings. The first-order valence-corrected chi connectivity index (χ1v) is 8.78. The van der Waals surface area contributed by atoms with Gasteiger partial charge in [0, 0.05) is 18.0 Å². The fourth-order valence-electron chi connectivity index (χ4n) is 3.14. The number of amides is 1. The van der Waals surface area contributed by atoms with E-state index in [9.17, 15) is 4.79 Å². The van der Waals surface area contributed by atoms with E-state index in [0.717, 1.165) is 18.2 Å². The molecule has 1 aliphatic heterocycles. The molecule has 24 heavy (non-hydrogen) atoms. The Hall–Kier alpha value is -2.21. The summed E-state index contributed by atoms with van der Waals surface area (Å²) in [4.78, 5) is 19.1. The summed E-state index contributed by atoms with van der Waals surface area (Å²) in [6, 6.07) is 7.90. The molecule has 0 atom stereocenters. The van der Waals surface area contributed by atoms with Crippen molar-refractivity contribution in [3.63, 3.8) is 0 Å². The zero-order valence-electron chi connectivity index (χ0n) is 13.8. The van der Waals surface area contributed by atoms with Gasteiger partial charge in [0.15, 0.2) is 5.82 Å². The maximum Gasteiger partial charge on any atom is 0.251 e. The number of aromatic amines is 1. The summed E-state index contributed by atoms with van der Waals surface area (Å²) in [6.45, 7) is 3.72. The lowest BCUT2D eigenvalue weighted by Crippen LogP contribution is -2.23. The van der Waals surface area contributed by atoms with Gasteiger partial charge in [-0.15, -0.1) is 0 Å². The van der Waals surface area contributed by atoms with Crippen molar-refractivity contribution >= 4 is 5.91 Å². The van der Waals surface area contributed by atoms with Gasteiger partial charge in [0.05, 0.1) is 6.54 Å². The summed E-state index contributed by atoms with van der Waals surface area (Å²) in [7, 11) is 0. The van der Waals surface area contributed by atoms with Gasteiger partial charge in [-0.3, -0.25) is 14.8 Å². The Balaban J connectivity index is 1.30. The first kappa shape index (κ1) is 15.3. The van der Waals surface area contributed by atoms with Crippen molar-refractivity contribution in [1.29, 1.82) is 0 Å². The molecular weight excluding hydrogens is 302 g/mol. The molecule has 2 N–H and O–H groups in total. The summed E-state index contributed by atoms with van der Waals surface area (Å²) in [5.41, 5.74) is 1.94. The molecule has 1 aromatic carbocycles. The van der Waals surface area contributed by atoms with Crippen LogP contribution < -0.4 is 5.32 Å². The molecule has 0 spiro atoms. The quantitative estimate of drug-likeness (QED) is 0.854. The SMILES string of the molecule is O=C(NCc1nc(C2CC2)n[nH]1)c1ccc(CN2CCCC2)cc1. The van der Waals surface area contributed by atoms with E-state index in [0.29, 0.717) is 18.0 Å². The molecule has 6 nitrogen and oxygen atoms in total. The second kappa shape index (κ2) is 6.73. The molecule has 1 saturated heterocycles. The van der Waals surface area contributed by atoms with Crippen LogP contribution in [0.4, 0.5) is 0 Å². The second-order valence-corrected chi connectivity index (χ2v) is 6.78. The van der Waals surface area contributed by atoms with E-state index in [4.69, 9.17) is 0 Å². The molecule has 6 heteroatoms. The summed E-state index contributed by atoms with van der Waals surface area (Å²) in [5.74, 6) is 2.04. The lowest BCUT2D eigenvalue weighted by Gasteiger charge is -2.14. The van der Waals surface area contributed by atoms with E-state index < -0.39 is 0 Å². The highest BCUT2D eigenvalue weighted by Crippen LogP contribution is 2.37. The lowest BCUT2D eigenvalue weighted by molar-refractivity contribution is 0.0950. The molecular formula is C18H23N5O. The highest BCUT2D eigenvalue weighted by atomic mass is 16.1. The number of nitrogens with one attached hydrogen (secondary N) is 2. The van der Waals surface area contributed by atoms with Gasteiger partial charge in [-0.1, -0.05) is 12.1 Å². The van der Waals surface area contributed by atoms with Crippen LogP contribution in [0.25, 0.3) is 0 Å². The van der Waals surface area contributed by atoms with Crippen LogP contribution in [0.2, 0.25) is 0 Å². The minimum Gasteiger partial charge on any atom is -0.345 e. The van der Waals surface area contributed by atoms with Gasteiger partial charge < -0.3 is 5.32 Å². The maximum atomic E-state index is 12.2. The molecule has 2 fully saturated rings. The molecule has 1 saturated carbocycles. The fraction of sp³-hybridized carbons (Fsp3) is 0.500. The second-order valence-electron chi connectivity index (χ2n) is 6.78. The highest BCUT2D eigenvalue weighted by molar-refractivity contribution is 5.94. The fourth-order valence-corrected chi connectivity index (χ4v) is 3.14. The largest absolute Gasteiger partial charge is 0.345 e. The van der Waals surface area contributed by atoms with E-state index in [2.05, 4.69) is 25.4 Å². The normalized spacial score (nSPS) is 18.0. The van der Waals surface area contributed by atoms with Crippen molar-refractivity contribution in [3.8, 4) is 0 Å². The minimum atomic E-state index is -0.0768. The van der Waals surface area contributed by atoms with E-state index in [1.165, 1.54) is 44.3 Å². The standard InChI is InChI=1S/C18H23N5O/c24-18(19-11-16-20-17(22-21-16)14-7-8-14)15-5-3-13(4-6-15)12-23-9-1-2-10-23/h3-6,14H,1-2,7-12H2,(H,19,24)(H,20,21,22). The third-order valence-corrected chi connectivity index (χ3v) is 4.73. The Morgan fingerprint density at radius 3 is 2.67 bits per heavy atom. The number of benzene rings is 1. The van der Waals surface area contributed by atoms with Crippen LogP contribution in [0.5, 0.6) is 0 Å². The highest BCUT2D eigenvalue weighted by Gasteiger charge is 2.27. The molecule has 0 unspecified atom stereocenters. The predicted molar refractivity (Wildman–Crippen MR) is 90.5 cm³/mol. The maximum absolute atomic E-state index is 12.2. The summed E-state index contributed by atoms with van der Waals surface area (Å²) >= 11 is 0. The number of nitrogens with zero attached hydrogens (tertiary/aromatic N) is 3. The topological polar surface area (TPSA) is 73.9 Å². The predicted octanol–water partition coefficient (Wildman–Crippen LogP) is 2.21. The van der Waals surface area contributed by atoms with Crippen LogP contribution in [0.15, 0.2) is 24.3 Å². The molecule has 1 amide bonds. The first-order valence-electron chi connectivity index (χ1n) is 8.78. The monoisotopic (exact) mass is 325 g/mol. The Labute approximate surface area is 141 Å². The number of carbonyl (C=O) groups excluding carboxylic acids is 1. The van der Waals surface area contributed by atoms with Gasteiger partial charge in [-0.05, 0) is 56.5 Å². The summed E-state index contributed by atoms with van der Waals surface area (Å²) in [6.07, 6.45) is 4.94. The molecule has 4 rings (SSSR count). The Kier molecular flexibility index (Phi) is 4.30. The van der Waals surface area contributed by atoms with Gasteiger partial charge in [0.2, 0.25) is 0 Å². The van der Waals surface area contributed by atoms with E-state index in [1.807, 2.05) is 24.3 Å². The third kappa shape index (κ3) is 3.64. The number of rotatable bonds is 6. The zero-order valence-corrected chi connectivity index (χ0v) is 13.8. The van der Waals surface area contributed by atoms with Crippen LogP contribution in [0, 0.1) is 0 Å². The van der Waals surface area contributed by atoms with Crippen LogP contribution in [0.1, 0.15) is 59.2 Å². The van der Waals surface area contributed by atoms with Crippen LogP contribution in [-0.4, -0.2) is 39.1 Å². The number of hydrogen-bond donors (Lipinski definition) is 2. The Morgan fingerprint density at radius 2 is 1.96 bits per heavy atom. The first-order chi connectivity index (χ1) is 11.8. The van der Waals surface area contributed by atoms with Gasteiger partial charge in [-0.2, -0.15) is 5.10 Å². The zero-order chi connectivity index (χ0) is 16.4. The van der Waals surface area contributed by atoms with Crippen molar-refractivity contribution in [3.05, 3.63) is 47.0 Å². The average Bonchev–Trinajstić information content (AvgIpc) is 3.13. The molecule has 0 radical (unpaired) electrons. The smallest absolute Gasteiger partial charge is 0.251 e. The van der Waals surface area contributed by atoms with E-state index in [-0.39, 0.29) is 5.91 Å². The van der Waals surface area contributed by atoms with E-state index in [1.54, 1.807) is 0 Å². The minimum absolute atomic E-state index is 0.0768. The van der Waals surface area contributed by atoms with Crippen molar-refractivity contribution in [2.24, 2.45) is 0 Å². The average molecular weight is 325 g/mol. The Bertz CT molecular complexity index is 698. The van der Waals surface area contributed by atoms with Crippen molar-refractivity contribution < 1.29 is 4.79 Å². The van der Waals surface area contributed by atoms with Crippen molar-refractivity contribution in [2.75, 3.05) is 13.1 Å². The molecule has 1 aromatic heterocycles. The lowest BCUT2D eigenvalue weighted by atomic mass is 10.1. The number of hydrogen-bond acceptors (Lipinski definition) is 4. The molecule has 126 valence electrons. The molecule has 1 aliphatic carbocycles. The van der Waals surface area contributed by atoms with E-state index >= 15 is 0 Å². The third-order valence-electron chi connectivity index (χ3n) is 4.73. The van der Waals surface area contributed by atoms with Crippen LogP contribution >= 0.6 is 0 Å². The molecule has 0 bridgehead atoms. The molecule has 2 heterocycles. The number of aromatic nitrogens is 3. The van der Waals surface area contributed by atoms with Crippen LogP contribution in [-0.2, 0) is 13.1 Å². The van der Waals surface area contributed by atoms with Gasteiger partial charge in [-0.25, -0.2) is 4.98 Å². The van der Waals surface area contributed by atoms with Crippen LogP contribution in [0.3, 0.4) is 0 Å².